The molecule has 0 aromatic carbocycles. The Morgan fingerprint density at radius 3 is 1.40 bits per heavy atom. The van der Waals surface area contributed by atoms with Gasteiger partial charge in [0.2, 0.25) is 0 Å². The Morgan fingerprint density at radius 2 is 1.40 bits per heavy atom. The van der Waals surface area contributed by atoms with E-state index < -0.39 is 0 Å². The molecule has 0 unspecified atom stereocenters. The smallest absolute Gasteiger partial charge is 0.177 e. The first-order valence-corrected chi connectivity index (χ1v) is 1.93. The molecular weight excluding hydrogens is 132 g/mol. The molecule has 0 aliphatic rings. The van der Waals surface area contributed by atoms with Crippen LogP contribution >= 0.6 is 12.6 Å². The molecule has 2 heteroatoms. The molecule has 0 saturated heterocycles. The van der Waals surface area contributed by atoms with Gasteiger partial charge in [-0.2, -0.15) is 12.6 Å². The van der Waals surface area contributed by atoms with E-state index >= 15 is 0 Å². The van der Waals surface area contributed by atoms with Crippen LogP contribution in [0.4, 0.5) is 0 Å². The van der Waals surface area contributed by atoms with Crippen molar-refractivity contribution >= 4 is 12.6 Å². The fourth-order valence-electron chi connectivity index (χ4n) is 0. The number of thiol groups is 1. The molecule has 0 saturated carbocycles. The molecule has 0 bridgehead atoms. The van der Waals surface area contributed by atoms with Crippen LogP contribution in [0.1, 0.15) is 13.8 Å². The minimum absolute atomic E-state index is 0. The van der Waals surface area contributed by atoms with Crippen molar-refractivity contribution in [3.63, 3.8) is 0 Å². The first-order valence-electron chi connectivity index (χ1n) is 1.41. The van der Waals surface area contributed by atoms with Crippen molar-refractivity contribution < 1.29 is 17.1 Å². The summed E-state index contributed by atoms with van der Waals surface area (Å²) in [7, 11) is 0. The fourth-order valence-corrected chi connectivity index (χ4v) is 0. The summed E-state index contributed by atoms with van der Waals surface area (Å²) in [6.45, 7) is 4.06. The average molecular weight is 140 g/mol. The van der Waals surface area contributed by atoms with Crippen molar-refractivity contribution in [1.29, 1.82) is 0 Å². The Labute approximate surface area is 49.2 Å². The Hall–Kier alpha value is 0.869. The molecular formula is C3H8CuS+. The molecule has 0 aromatic heterocycles. The summed E-state index contributed by atoms with van der Waals surface area (Å²) < 4.78 is 0. The Kier molecular flexibility index (Phi) is 9.05. The van der Waals surface area contributed by atoms with E-state index in [1.54, 1.807) is 0 Å². The van der Waals surface area contributed by atoms with Gasteiger partial charge < -0.3 is 0 Å². The van der Waals surface area contributed by atoms with Crippen molar-refractivity contribution in [2.24, 2.45) is 0 Å². The molecule has 0 aliphatic carbocycles. The summed E-state index contributed by atoms with van der Waals surface area (Å²) in [4.78, 5) is 0. The fraction of sp³-hybridized carbons (Fsp3) is 1.00. The predicted molar refractivity (Wildman–Crippen MR) is 24.1 cm³/mol. The maximum atomic E-state index is 3.97. The van der Waals surface area contributed by atoms with Crippen molar-refractivity contribution in [2.75, 3.05) is 0 Å². The zero-order chi connectivity index (χ0) is 3.58. The SMILES string of the molecule is CC(C)S.[Cu+]. The van der Waals surface area contributed by atoms with Crippen molar-refractivity contribution in [3.05, 3.63) is 0 Å². The van der Waals surface area contributed by atoms with Crippen molar-refractivity contribution in [3.8, 4) is 0 Å². The van der Waals surface area contributed by atoms with E-state index in [1.807, 2.05) is 13.8 Å². The molecule has 0 nitrogen and oxygen atoms in total. The maximum Gasteiger partial charge on any atom is 1.00 e. The second kappa shape index (κ2) is 4.87. The first kappa shape index (κ1) is 9.30. The van der Waals surface area contributed by atoms with Gasteiger partial charge in [-0.15, -0.1) is 0 Å². The molecule has 0 atom stereocenters. The summed E-state index contributed by atoms with van der Waals surface area (Å²) in [5.74, 6) is 0. The second-order valence-corrected chi connectivity index (χ2v) is 2.13. The zero-order valence-electron chi connectivity index (χ0n) is 3.33. The van der Waals surface area contributed by atoms with Crippen molar-refractivity contribution in [1.82, 2.24) is 0 Å². The van der Waals surface area contributed by atoms with E-state index in [2.05, 4.69) is 12.6 Å². The molecule has 0 N–H and O–H groups in total. The van der Waals surface area contributed by atoms with Crippen LogP contribution in [0.15, 0.2) is 0 Å². The topological polar surface area (TPSA) is 0 Å². The predicted octanol–water partition coefficient (Wildman–Crippen LogP) is 1.32. The van der Waals surface area contributed by atoms with Crippen molar-refractivity contribution in [2.45, 2.75) is 19.1 Å². The quantitative estimate of drug-likeness (QED) is 0.380. The number of hydrogen-bond donors (Lipinski definition) is 1. The molecule has 0 spiro atoms. The normalized spacial score (nSPS) is 7.20. The zero-order valence-corrected chi connectivity index (χ0v) is 5.16. The molecule has 0 aromatic rings. The van der Waals surface area contributed by atoms with Crippen LogP contribution in [-0.4, -0.2) is 5.25 Å². The van der Waals surface area contributed by atoms with Gasteiger partial charge in [-0.1, -0.05) is 13.8 Å². The van der Waals surface area contributed by atoms with Gasteiger partial charge in [-0.25, -0.2) is 0 Å². The van der Waals surface area contributed by atoms with Crippen LogP contribution < -0.4 is 0 Å². The van der Waals surface area contributed by atoms with E-state index in [-0.39, 0.29) is 17.1 Å². The summed E-state index contributed by atoms with van der Waals surface area (Å²) >= 11 is 3.97. The van der Waals surface area contributed by atoms with Gasteiger partial charge in [-0.05, 0) is 5.25 Å². The van der Waals surface area contributed by atoms with Crippen LogP contribution in [0.5, 0.6) is 0 Å². The monoisotopic (exact) mass is 139 g/mol. The molecule has 0 radical (unpaired) electrons. The number of hydrogen-bond acceptors (Lipinski definition) is 1. The summed E-state index contributed by atoms with van der Waals surface area (Å²) in [5.41, 5.74) is 0. The maximum absolute atomic E-state index is 3.97. The second-order valence-electron chi connectivity index (χ2n) is 1.09. The summed E-state index contributed by atoms with van der Waals surface area (Å²) in [6, 6.07) is 0. The molecule has 0 amide bonds. The van der Waals surface area contributed by atoms with E-state index in [4.69, 9.17) is 0 Å². The van der Waals surface area contributed by atoms with Gasteiger partial charge in [0.05, 0.1) is 0 Å². The summed E-state index contributed by atoms with van der Waals surface area (Å²) in [5, 5.41) is 0.528. The Bertz CT molecular complexity index is 11.6. The minimum atomic E-state index is 0. The Morgan fingerprint density at radius 1 is 1.40 bits per heavy atom. The molecule has 0 heterocycles. The van der Waals surface area contributed by atoms with Gasteiger partial charge in [0, 0.05) is 0 Å². The third-order valence-corrected chi connectivity index (χ3v) is 0. The van der Waals surface area contributed by atoms with Crippen LogP contribution in [0, 0.1) is 0 Å². The standard InChI is InChI=1S/C3H8S.Cu/c1-3(2)4;/h3-4H,1-2H3;/q;+1. The van der Waals surface area contributed by atoms with E-state index in [0.29, 0.717) is 5.25 Å². The first-order chi connectivity index (χ1) is 1.73. The van der Waals surface area contributed by atoms with Crippen LogP contribution in [-0.2, 0) is 17.1 Å². The largest absolute Gasteiger partial charge is 1.00 e. The molecule has 0 aliphatic heterocycles. The van der Waals surface area contributed by atoms with Gasteiger partial charge in [0.15, 0.2) is 0 Å². The third-order valence-electron chi connectivity index (χ3n) is 0. The van der Waals surface area contributed by atoms with Gasteiger partial charge in [-0.3, -0.25) is 0 Å². The van der Waals surface area contributed by atoms with E-state index in [9.17, 15) is 0 Å². The van der Waals surface area contributed by atoms with Crippen LogP contribution in [0.3, 0.4) is 0 Å². The molecule has 0 fully saturated rings. The Balaban J connectivity index is 0. The van der Waals surface area contributed by atoms with Crippen LogP contribution in [0.2, 0.25) is 0 Å². The van der Waals surface area contributed by atoms with E-state index in [1.165, 1.54) is 0 Å². The van der Waals surface area contributed by atoms with Gasteiger partial charge >= 0.3 is 17.1 Å². The van der Waals surface area contributed by atoms with Gasteiger partial charge in [0.25, 0.3) is 0 Å². The number of rotatable bonds is 0. The third kappa shape index (κ3) is 53.0. The average Bonchev–Trinajstić information content (AvgIpc) is 0.811. The molecule has 0 rings (SSSR count). The molecule has 5 heavy (non-hydrogen) atoms. The van der Waals surface area contributed by atoms with E-state index in [0.717, 1.165) is 0 Å². The molecule has 36 valence electrons. The van der Waals surface area contributed by atoms with Gasteiger partial charge in [0.1, 0.15) is 0 Å². The summed E-state index contributed by atoms with van der Waals surface area (Å²) in [6.07, 6.45) is 0. The minimum Gasteiger partial charge on any atom is -0.177 e. The van der Waals surface area contributed by atoms with Crippen LogP contribution in [0.25, 0.3) is 0 Å².